The molecule has 8 nitrogen and oxygen atoms in total. The first-order chi connectivity index (χ1) is 18.2. The van der Waals surface area contributed by atoms with E-state index < -0.39 is 5.91 Å². The number of aromatic nitrogens is 1. The Morgan fingerprint density at radius 1 is 0.973 bits per heavy atom. The number of hydrogen-bond donors (Lipinski definition) is 1. The van der Waals surface area contributed by atoms with E-state index in [2.05, 4.69) is 28.0 Å². The summed E-state index contributed by atoms with van der Waals surface area (Å²) in [5.74, 6) is 0.350. The quantitative estimate of drug-likeness (QED) is 0.417. The highest BCUT2D eigenvalue weighted by atomic mass is 16.5. The molecule has 192 valence electrons. The predicted molar refractivity (Wildman–Crippen MR) is 142 cm³/mol. The van der Waals surface area contributed by atoms with Crippen LogP contribution in [-0.4, -0.2) is 81.5 Å². The molecule has 0 unspecified atom stereocenters. The number of anilines is 1. The Hall–Kier alpha value is -3.46. The number of carbonyl (C=O) groups excluding carboxylic acids is 1. The number of pyridine rings is 1. The van der Waals surface area contributed by atoms with E-state index in [4.69, 9.17) is 24.9 Å². The Balaban J connectivity index is 1.26. The second-order valence-corrected chi connectivity index (χ2v) is 9.69. The molecule has 2 saturated heterocycles. The van der Waals surface area contributed by atoms with E-state index in [1.54, 1.807) is 0 Å². The number of rotatable bonds is 7. The molecule has 1 aromatic heterocycles. The van der Waals surface area contributed by atoms with Crippen LogP contribution in [0.3, 0.4) is 0 Å². The third-order valence-electron chi connectivity index (χ3n) is 7.39. The third-order valence-corrected chi connectivity index (χ3v) is 7.39. The molecule has 2 fully saturated rings. The zero-order valence-corrected chi connectivity index (χ0v) is 20.9. The third kappa shape index (κ3) is 5.05. The van der Waals surface area contributed by atoms with Gasteiger partial charge in [-0.05, 0) is 41.5 Å². The molecule has 37 heavy (non-hydrogen) atoms. The number of hydrogen-bond acceptors (Lipinski definition) is 7. The first-order valence-electron chi connectivity index (χ1n) is 13.0. The summed E-state index contributed by atoms with van der Waals surface area (Å²) in [6.45, 7) is 8.14. The molecule has 2 N–H and O–H groups in total. The maximum atomic E-state index is 12.5. The van der Waals surface area contributed by atoms with Gasteiger partial charge in [0.1, 0.15) is 12.4 Å². The highest BCUT2D eigenvalue weighted by Crippen LogP contribution is 2.40. The molecule has 3 aliphatic rings. The van der Waals surface area contributed by atoms with Crippen molar-refractivity contribution in [2.75, 3.05) is 70.7 Å². The van der Waals surface area contributed by atoms with E-state index in [0.717, 1.165) is 93.0 Å². The average Bonchev–Trinajstić information content (AvgIpc) is 3.31. The number of nitrogens with zero attached hydrogens (tertiary/aromatic N) is 3. The van der Waals surface area contributed by atoms with Gasteiger partial charge >= 0.3 is 0 Å². The van der Waals surface area contributed by atoms with Crippen LogP contribution >= 0.6 is 0 Å². The molecule has 0 radical (unpaired) electrons. The Bertz CT molecular complexity index is 1300. The summed E-state index contributed by atoms with van der Waals surface area (Å²) < 4.78 is 17.0. The standard InChI is InChI=1S/C29H32N4O4/c30-29(34)26-19-27(20-2-1-3-23(17-20)37-15-8-32-6-11-35-12-7-32)31-28-24-5-4-22(16-21(24)18-25(26)28)33-9-13-36-14-10-33/h1-5,16-17,19H,6-15,18H2,(H2,30,34). The first-order valence-corrected chi connectivity index (χ1v) is 13.0. The van der Waals surface area contributed by atoms with Crippen molar-refractivity contribution in [1.29, 1.82) is 0 Å². The zero-order valence-electron chi connectivity index (χ0n) is 20.9. The zero-order chi connectivity index (χ0) is 25.2. The first kappa shape index (κ1) is 23.9. The fraction of sp³-hybridized carbons (Fsp3) is 0.379. The monoisotopic (exact) mass is 500 g/mol. The lowest BCUT2D eigenvalue weighted by Crippen LogP contribution is -2.38. The molecule has 8 heteroatoms. The Kier molecular flexibility index (Phi) is 6.78. The minimum Gasteiger partial charge on any atom is -0.492 e. The van der Waals surface area contributed by atoms with Gasteiger partial charge in [-0.1, -0.05) is 18.2 Å². The number of ether oxygens (including phenoxy) is 3. The van der Waals surface area contributed by atoms with E-state index in [1.807, 2.05) is 30.3 Å². The normalized spacial score (nSPS) is 17.4. The summed E-state index contributed by atoms with van der Waals surface area (Å²) in [7, 11) is 0. The highest BCUT2D eigenvalue weighted by molar-refractivity contribution is 5.98. The van der Waals surface area contributed by atoms with Gasteiger partial charge in [0.25, 0.3) is 0 Å². The number of morpholine rings is 2. The van der Waals surface area contributed by atoms with Gasteiger partial charge in [0.05, 0.1) is 37.8 Å². The molecule has 1 aliphatic carbocycles. The van der Waals surface area contributed by atoms with Crippen LogP contribution in [0, 0.1) is 0 Å². The molecular weight excluding hydrogens is 468 g/mol. The van der Waals surface area contributed by atoms with Gasteiger partial charge in [0.15, 0.2) is 0 Å². The summed E-state index contributed by atoms with van der Waals surface area (Å²) in [6.07, 6.45) is 0.652. The van der Waals surface area contributed by atoms with Crippen LogP contribution in [0.2, 0.25) is 0 Å². The summed E-state index contributed by atoms with van der Waals surface area (Å²) >= 11 is 0. The minimum absolute atomic E-state index is 0.431. The number of fused-ring (bicyclic) bond motifs is 3. The lowest BCUT2D eigenvalue weighted by molar-refractivity contribution is 0.0322. The molecule has 0 bridgehead atoms. The average molecular weight is 501 g/mol. The van der Waals surface area contributed by atoms with Crippen molar-refractivity contribution in [2.24, 2.45) is 5.73 Å². The fourth-order valence-electron chi connectivity index (χ4n) is 5.37. The van der Waals surface area contributed by atoms with Crippen LogP contribution in [0.4, 0.5) is 5.69 Å². The van der Waals surface area contributed by atoms with Crippen molar-refractivity contribution in [3.8, 4) is 28.3 Å². The minimum atomic E-state index is -0.431. The van der Waals surface area contributed by atoms with Crippen LogP contribution in [0.1, 0.15) is 21.5 Å². The molecule has 1 amide bonds. The van der Waals surface area contributed by atoms with Crippen LogP contribution in [-0.2, 0) is 15.9 Å². The summed E-state index contributed by atoms with van der Waals surface area (Å²) in [4.78, 5) is 22.2. The molecular formula is C29H32N4O4. The summed E-state index contributed by atoms with van der Waals surface area (Å²) in [6, 6.07) is 16.2. The van der Waals surface area contributed by atoms with Gasteiger partial charge in [0.2, 0.25) is 5.91 Å². The summed E-state index contributed by atoms with van der Waals surface area (Å²) in [5.41, 5.74) is 13.2. The second-order valence-electron chi connectivity index (χ2n) is 9.69. The van der Waals surface area contributed by atoms with Crippen molar-refractivity contribution >= 4 is 11.6 Å². The van der Waals surface area contributed by atoms with Gasteiger partial charge < -0.3 is 24.8 Å². The second kappa shape index (κ2) is 10.5. The van der Waals surface area contributed by atoms with Gasteiger partial charge in [-0.2, -0.15) is 0 Å². The van der Waals surface area contributed by atoms with E-state index in [-0.39, 0.29) is 0 Å². The van der Waals surface area contributed by atoms with Crippen molar-refractivity contribution in [3.05, 3.63) is 65.2 Å². The number of carbonyl (C=O) groups is 1. The smallest absolute Gasteiger partial charge is 0.249 e. The van der Waals surface area contributed by atoms with E-state index >= 15 is 0 Å². The van der Waals surface area contributed by atoms with Gasteiger partial charge in [-0.25, -0.2) is 4.98 Å². The van der Waals surface area contributed by atoms with Crippen molar-refractivity contribution < 1.29 is 19.0 Å². The fourth-order valence-corrected chi connectivity index (χ4v) is 5.37. The summed E-state index contributed by atoms with van der Waals surface area (Å²) in [5, 5.41) is 0. The number of benzene rings is 2. The number of amides is 1. The Morgan fingerprint density at radius 3 is 2.54 bits per heavy atom. The van der Waals surface area contributed by atoms with Gasteiger partial charge in [-0.15, -0.1) is 0 Å². The van der Waals surface area contributed by atoms with E-state index in [0.29, 0.717) is 18.6 Å². The molecule has 2 aromatic carbocycles. The number of primary amides is 1. The SMILES string of the molecule is NC(=O)c1cc(-c2cccc(OCCN3CCOCC3)c2)nc2c1Cc1cc(N3CCOCC3)ccc1-2. The van der Waals surface area contributed by atoms with Crippen molar-refractivity contribution in [1.82, 2.24) is 9.88 Å². The maximum absolute atomic E-state index is 12.5. The topological polar surface area (TPSA) is 90.2 Å². The van der Waals surface area contributed by atoms with Crippen molar-refractivity contribution in [2.45, 2.75) is 6.42 Å². The number of nitrogens with two attached hydrogens (primary N) is 1. The molecule has 0 spiro atoms. The van der Waals surface area contributed by atoms with Crippen LogP contribution in [0.15, 0.2) is 48.5 Å². The Labute approximate surface area is 216 Å². The largest absolute Gasteiger partial charge is 0.492 e. The molecule has 0 atom stereocenters. The van der Waals surface area contributed by atoms with Crippen LogP contribution < -0.4 is 15.4 Å². The van der Waals surface area contributed by atoms with E-state index in [1.165, 1.54) is 11.3 Å². The van der Waals surface area contributed by atoms with Crippen LogP contribution in [0.5, 0.6) is 5.75 Å². The predicted octanol–water partition coefficient (Wildman–Crippen LogP) is 2.97. The lowest BCUT2D eigenvalue weighted by Gasteiger charge is -2.29. The van der Waals surface area contributed by atoms with Crippen LogP contribution in [0.25, 0.3) is 22.5 Å². The van der Waals surface area contributed by atoms with Gasteiger partial charge in [-0.3, -0.25) is 9.69 Å². The highest BCUT2D eigenvalue weighted by Gasteiger charge is 2.27. The Morgan fingerprint density at radius 2 is 1.76 bits per heavy atom. The maximum Gasteiger partial charge on any atom is 0.249 e. The molecule has 3 heterocycles. The van der Waals surface area contributed by atoms with Gasteiger partial charge in [0, 0.05) is 61.5 Å². The molecule has 2 aliphatic heterocycles. The molecule has 0 saturated carbocycles. The van der Waals surface area contributed by atoms with Crippen molar-refractivity contribution in [3.63, 3.8) is 0 Å². The molecule has 3 aromatic rings. The lowest BCUT2D eigenvalue weighted by atomic mass is 10.0. The molecule has 6 rings (SSSR count). The van der Waals surface area contributed by atoms with E-state index in [9.17, 15) is 4.79 Å².